The molecule has 0 aliphatic heterocycles. The van der Waals surface area contributed by atoms with E-state index in [1.165, 1.54) is 0 Å². The Labute approximate surface area is 139 Å². The standard InChI is InChI=1S/C16H19N7O/c1-11-8-10-23(22-11)14-6-4-3-5-13(14)19-16(24)17-9-7-15-18-12(2)20-21-15/h3-6,8,10H,7,9H2,1-2H3,(H2,17,19,24)(H,18,20,21). The second kappa shape index (κ2) is 6.95. The maximum absolute atomic E-state index is 12.1. The molecule has 0 unspecified atom stereocenters. The highest BCUT2D eigenvalue weighted by Crippen LogP contribution is 2.19. The summed E-state index contributed by atoms with van der Waals surface area (Å²) >= 11 is 0. The van der Waals surface area contributed by atoms with Gasteiger partial charge in [-0.2, -0.15) is 10.2 Å². The van der Waals surface area contributed by atoms with Crippen molar-refractivity contribution in [3.05, 3.63) is 53.9 Å². The van der Waals surface area contributed by atoms with Crippen LogP contribution in [-0.4, -0.2) is 37.5 Å². The van der Waals surface area contributed by atoms with Crippen LogP contribution in [0.1, 0.15) is 17.3 Å². The molecule has 124 valence electrons. The number of rotatable bonds is 5. The number of nitrogens with zero attached hydrogens (tertiary/aromatic N) is 4. The van der Waals surface area contributed by atoms with Crippen LogP contribution in [0.2, 0.25) is 0 Å². The van der Waals surface area contributed by atoms with Gasteiger partial charge in [0.25, 0.3) is 0 Å². The van der Waals surface area contributed by atoms with E-state index in [0.717, 1.165) is 17.2 Å². The van der Waals surface area contributed by atoms with Gasteiger partial charge in [0.1, 0.15) is 5.82 Å². The van der Waals surface area contributed by atoms with E-state index in [1.54, 1.807) is 4.68 Å². The average molecular weight is 325 g/mol. The Balaban J connectivity index is 1.60. The Morgan fingerprint density at radius 2 is 2.08 bits per heavy atom. The van der Waals surface area contributed by atoms with E-state index in [4.69, 9.17) is 0 Å². The number of carbonyl (C=O) groups excluding carboxylic acids is 1. The van der Waals surface area contributed by atoms with E-state index in [-0.39, 0.29) is 6.03 Å². The molecule has 0 fully saturated rings. The second-order valence-electron chi connectivity index (χ2n) is 5.39. The number of aromatic nitrogens is 5. The number of aromatic amines is 1. The van der Waals surface area contributed by atoms with Gasteiger partial charge in [0, 0.05) is 19.2 Å². The van der Waals surface area contributed by atoms with Crippen LogP contribution in [0.3, 0.4) is 0 Å². The topological polar surface area (TPSA) is 101 Å². The number of para-hydroxylation sites is 2. The Morgan fingerprint density at radius 3 is 2.79 bits per heavy atom. The zero-order chi connectivity index (χ0) is 16.9. The van der Waals surface area contributed by atoms with Crippen LogP contribution in [0.25, 0.3) is 5.69 Å². The van der Waals surface area contributed by atoms with Gasteiger partial charge in [0.2, 0.25) is 0 Å². The van der Waals surface area contributed by atoms with Crippen LogP contribution >= 0.6 is 0 Å². The lowest BCUT2D eigenvalue weighted by Crippen LogP contribution is -2.31. The SMILES string of the molecule is Cc1ccn(-c2ccccc2NC(=O)NCCc2n[nH]c(C)n2)n1. The van der Waals surface area contributed by atoms with Crippen molar-refractivity contribution in [2.45, 2.75) is 20.3 Å². The number of hydrogen-bond acceptors (Lipinski definition) is 4. The van der Waals surface area contributed by atoms with E-state index in [1.807, 2.05) is 50.4 Å². The summed E-state index contributed by atoms with van der Waals surface area (Å²) in [5, 5.41) is 16.8. The summed E-state index contributed by atoms with van der Waals surface area (Å²) < 4.78 is 1.74. The fraction of sp³-hybridized carbons (Fsp3) is 0.250. The number of nitrogens with one attached hydrogen (secondary N) is 3. The molecule has 3 N–H and O–H groups in total. The van der Waals surface area contributed by atoms with Gasteiger partial charge in [0.15, 0.2) is 5.82 Å². The van der Waals surface area contributed by atoms with Gasteiger partial charge >= 0.3 is 6.03 Å². The Hall–Kier alpha value is -3.16. The molecule has 24 heavy (non-hydrogen) atoms. The molecule has 8 nitrogen and oxygen atoms in total. The quantitative estimate of drug-likeness (QED) is 0.667. The number of H-pyrrole nitrogens is 1. The van der Waals surface area contributed by atoms with E-state index < -0.39 is 0 Å². The summed E-state index contributed by atoms with van der Waals surface area (Å²) in [5.41, 5.74) is 2.41. The first-order valence-corrected chi connectivity index (χ1v) is 7.66. The molecule has 1 aromatic carbocycles. The number of carbonyl (C=O) groups is 1. The lowest BCUT2D eigenvalue weighted by atomic mass is 10.2. The van der Waals surface area contributed by atoms with Crippen LogP contribution in [0.5, 0.6) is 0 Å². The maximum atomic E-state index is 12.1. The zero-order valence-electron chi connectivity index (χ0n) is 13.6. The van der Waals surface area contributed by atoms with E-state index in [2.05, 4.69) is 30.9 Å². The molecule has 3 rings (SSSR count). The predicted octanol–water partition coefficient (Wildman–Crippen LogP) is 1.97. The van der Waals surface area contributed by atoms with Crippen molar-refractivity contribution < 1.29 is 4.79 Å². The van der Waals surface area contributed by atoms with Crippen LogP contribution in [0.15, 0.2) is 36.5 Å². The molecule has 0 aliphatic carbocycles. The van der Waals surface area contributed by atoms with Gasteiger partial charge in [-0.05, 0) is 32.0 Å². The first-order valence-electron chi connectivity index (χ1n) is 7.66. The van der Waals surface area contributed by atoms with Gasteiger partial charge in [-0.3, -0.25) is 5.10 Å². The highest BCUT2D eigenvalue weighted by molar-refractivity contribution is 5.91. The van der Waals surface area contributed by atoms with E-state index in [0.29, 0.717) is 24.5 Å². The van der Waals surface area contributed by atoms with Gasteiger partial charge in [0.05, 0.1) is 17.1 Å². The molecule has 0 saturated carbocycles. The summed E-state index contributed by atoms with van der Waals surface area (Å²) in [5.74, 6) is 1.44. The molecule has 2 aromatic heterocycles. The minimum absolute atomic E-state index is 0.279. The van der Waals surface area contributed by atoms with Gasteiger partial charge in [-0.15, -0.1) is 0 Å². The molecule has 0 radical (unpaired) electrons. The summed E-state index contributed by atoms with van der Waals surface area (Å²) in [6, 6.07) is 9.14. The monoisotopic (exact) mass is 325 g/mol. The van der Waals surface area contributed by atoms with Crippen LogP contribution in [0.4, 0.5) is 10.5 Å². The van der Waals surface area contributed by atoms with Crippen molar-refractivity contribution in [2.24, 2.45) is 0 Å². The minimum atomic E-state index is -0.279. The van der Waals surface area contributed by atoms with Gasteiger partial charge < -0.3 is 10.6 Å². The third-order valence-electron chi connectivity index (χ3n) is 3.40. The molecule has 2 heterocycles. The molecule has 0 aliphatic rings. The Morgan fingerprint density at radius 1 is 1.25 bits per heavy atom. The van der Waals surface area contributed by atoms with Crippen molar-refractivity contribution in [1.82, 2.24) is 30.3 Å². The number of anilines is 1. The lowest BCUT2D eigenvalue weighted by Gasteiger charge is -2.11. The largest absolute Gasteiger partial charge is 0.337 e. The predicted molar refractivity (Wildman–Crippen MR) is 90.1 cm³/mol. The number of amides is 2. The molecule has 0 saturated heterocycles. The first-order chi connectivity index (χ1) is 11.6. The molecule has 3 aromatic rings. The number of urea groups is 1. The molecular formula is C16H19N7O. The fourth-order valence-corrected chi connectivity index (χ4v) is 2.28. The van der Waals surface area contributed by atoms with Crippen molar-refractivity contribution in [1.29, 1.82) is 0 Å². The summed E-state index contributed by atoms with van der Waals surface area (Å²) in [6.45, 7) is 4.21. The third-order valence-corrected chi connectivity index (χ3v) is 3.40. The Kier molecular flexibility index (Phi) is 4.55. The van der Waals surface area contributed by atoms with Crippen molar-refractivity contribution >= 4 is 11.7 Å². The molecule has 0 bridgehead atoms. The van der Waals surface area contributed by atoms with E-state index in [9.17, 15) is 4.79 Å². The Bertz CT molecular complexity index is 836. The fourth-order valence-electron chi connectivity index (χ4n) is 2.28. The number of hydrogen-bond donors (Lipinski definition) is 3. The molecule has 8 heteroatoms. The van der Waals surface area contributed by atoms with Crippen molar-refractivity contribution in [3.8, 4) is 5.69 Å². The minimum Gasteiger partial charge on any atom is -0.337 e. The maximum Gasteiger partial charge on any atom is 0.319 e. The second-order valence-corrected chi connectivity index (χ2v) is 5.39. The summed E-state index contributed by atoms with van der Waals surface area (Å²) in [4.78, 5) is 16.3. The highest BCUT2D eigenvalue weighted by atomic mass is 16.2. The smallest absolute Gasteiger partial charge is 0.319 e. The number of benzene rings is 1. The normalized spacial score (nSPS) is 10.6. The van der Waals surface area contributed by atoms with Crippen LogP contribution < -0.4 is 10.6 Å². The van der Waals surface area contributed by atoms with Crippen LogP contribution in [0, 0.1) is 13.8 Å². The molecule has 0 atom stereocenters. The highest BCUT2D eigenvalue weighted by Gasteiger charge is 2.09. The van der Waals surface area contributed by atoms with Crippen molar-refractivity contribution in [2.75, 3.05) is 11.9 Å². The summed E-state index contributed by atoms with van der Waals surface area (Å²) in [6.07, 6.45) is 2.43. The first kappa shape index (κ1) is 15.7. The van der Waals surface area contributed by atoms with Crippen molar-refractivity contribution in [3.63, 3.8) is 0 Å². The summed E-state index contributed by atoms with van der Waals surface area (Å²) in [7, 11) is 0. The zero-order valence-corrected chi connectivity index (χ0v) is 13.6. The molecule has 2 amide bonds. The number of aryl methyl sites for hydroxylation is 2. The average Bonchev–Trinajstić information content (AvgIpc) is 3.16. The third kappa shape index (κ3) is 3.78. The lowest BCUT2D eigenvalue weighted by molar-refractivity contribution is 0.252. The molecular weight excluding hydrogens is 306 g/mol. The van der Waals surface area contributed by atoms with E-state index >= 15 is 0 Å². The van der Waals surface area contributed by atoms with Gasteiger partial charge in [-0.25, -0.2) is 14.5 Å². The van der Waals surface area contributed by atoms with Crippen LogP contribution in [-0.2, 0) is 6.42 Å². The van der Waals surface area contributed by atoms with Gasteiger partial charge in [-0.1, -0.05) is 12.1 Å². The molecule has 0 spiro atoms.